The molecule has 1 amide bonds. The average molecular weight is 320 g/mol. The lowest BCUT2D eigenvalue weighted by Gasteiger charge is -2.20. The fourth-order valence-corrected chi connectivity index (χ4v) is 3.20. The smallest absolute Gasteiger partial charge is 0.226 e. The third-order valence-corrected chi connectivity index (χ3v) is 4.30. The maximum Gasteiger partial charge on any atom is 0.226 e. The molecule has 0 saturated carbocycles. The van der Waals surface area contributed by atoms with E-state index in [0.717, 1.165) is 25.4 Å². The van der Waals surface area contributed by atoms with Crippen molar-refractivity contribution in [1.82, 2.24) is 9.80 Å². The summed E-state index contributed by atoms with van der Waals surface area (Å²) in [6, 6.07) is 8.20. The summed E-state index contributed by atoms with van der Waals surface area (Å²) in [4.78, 5) is 16.4. The van der Waals surface area contributed by atoms with Crippen molar-refractivity contribution in [3.8, 4) is 5.75 Å². The summed E-state index contributed by atoms with van der Waals surface area (Å²) in [6.07, 6.45) is 0. The maximum atomic E-state index is 12.4. The van der Waals surface area contributed by atoms with Crippen molar-refractivity contribution >= 4 is 5.91 Å². The van der Waals surface area contributed by atoms with Gasteiger partial charge in [-0.2, -0.15) is 0 Å². The monoisotopic (exact) mass is 320 g/mol. The topological polar surface area (TPSA) is 42.0 Å². The predicted molar refractivity (Wildman–Crippen MR) is 90.4 cm³/mol. The van der Waals surface area contributed by atoms with Crippen LogP contribution in [0.15, 0.2) is 24.3 Å². The van der Waals surface area contributed by atoms with Crippen LogP contribution in [-0.2, 0) is 16.1 Å². The molecule has 1 fully saturated rings. The second-order valence-corrected chi connectivity index (χ2v) is 6.33. The molecule has 128 valence electrons. The van der Waals surface area contributed by atoms with Gasteiger partial charge in [0.05, 0.1) is 19.1 Å². The van der Waals surface area contributed by atoms with Crippen LogP contribution in [-0.4, -0.2) is 63.2 Å². The number of ether oxygens (including phenoxy) is 2. The van der Waals surface area contributed by atoms with E-state index in [9.17, 15) is 4.79 Å². The highest BCUT2D eigenvalue weighted by Gasteiger charge is 2.38. The summed E-state index contributed by atoms with van der Waals surface area (Å²) in [5.74, 6) is 1.38. The average Bonchev–Trinajstić information content (AvgIpc) is 2.91. The van der Waals surface area contributed by atoms with Crippen molar-refractivity contribution in [3.63, 3.8) is 0 Å². The van der Waals surface area contributed by atoms with Gasteiger partial charge in [0.15, 0.2) is 0 Å². The summed E-state index contributed by atoms with van der Waals surface area (Å²) in [5, 5.41) is 0. The van der Waals surface area contributed by atoms with Gasteiger partial charge in [0.1, 0.15) is 5.75 Å². The van der Waals surface area contributed by atoms with Gasteiger partial charge >= 0.3 is 0 Å². The molecule has 1 heterocycles. The summed E-state index contributed by atoms with van der Waals surface area (Å²) in [6.45, 7) is 5.83. The number of rotatable bonds is 7. The Kier molecular flexibility index (Phi) is 6.42. The van der Waals surface area contributed by atoms with Crippen LogP contribution in [0, 0.1) is 11.8 Å². The van der Waals surface area contributed by atoms with Gasteiger partial charge < -0.3 is 14.4 Å². The lowest BCUT2D eigenvalue weighted by molar-refractivity contribution is -0.134. The minimum atomic E-state index is 0.0210. The van der Waals surface area contributed by atoms with Crippen molar-refractivity contribution in [1.29, 1.82) is 0 Å². The van der Waals surface area contributed by atoms with Gasteiger partial charge in [0.25, 0.3) is 0 Å². The van der Waals surface area contributed by atoms with Crippen LogP contribution in [0.1, 0.15) is 12.5 Å². The normalized spacial score (nSPS) is 21.4. The molecular weight excluding hydrogens is 292 g/mol. The van der Waals surface area contributed by atoms with Gasteiger partial charge in [-0.05, 0) is 24.6 Å². The van der Waals surface area contributed by atoms with Crippen LogP contribution in [0.2, 0.25) is 0 Å². The van der Waals surface area contributed by atoms with Crippen LogP contribution in [0.3, 0.4) is 0 Å². The Morgan fingerprint density at radius 3 is 2.52 bits per heavy atom. The van der Waals surface area contributed by atoms with Crippen molar-refractivity contribution in [2.24, 2.45) is 11.8 Å². The second-order valence-electron chi connectivity index (χ2n) is 6.33. The minimum absolute atomic E-state index is 0.0210. The molecule has 1 aromatic carbocycles. The van der Waals surface area contributed by atoms with E-state index >= 15 is 0 Å². The molecule has 23 heavy (non-hydrogen) atoms. The van der Waals surface area contributed by atoms with Crippen LogP contribution in [0.25, 0.3) is 0 Å². The largest absolute Gasteiger partial charge is 0.494 e. The second kappa shape index (κ2) is 8.31. The van der Waals surface area contributed by atoms with Gasteiger partial charge in [0.2, 0.25) is 5.91 Å². The molecule has 0 bridgehead atoms. The highest BCUT2D eigenvalue weighted by Crippen LogP contribution is 2.27. The molecule has 1 aromatic rings. The molecule has 2 atom stereocenters. The van der Waals surface area contributed by atoms with Gasteiger partial charge in [-0.25, -0.2) is 0 Å². The number of nitrogens with zero attached hydrogens (tertiary/aromatic N) is 2. The number of hydrogen-bond acceptors (Lipinski definition) is 4. The van der Waals surface area contributed by atoms with E-state index in [0.29, 0.717) is 13.2 Å². The lowest BCUT2D eigenvalue weighted by atomic mass is 9.96. The summed E-state index contributed by atoms with van der Waals surface area (Å²) < 4.78 is 10.8. The van der Waals surface area contributed by atoms with Gasteiger partial charge in [-0.15, -0.1) is 0 Å². The standard InChI is InChI=1S/C18H28N2O3/c1-5-23-16-8-6-14(7-9-16)10-20-11-15(13-22-4)17(12-20)18(21)19(2)3/h6-9,15,17H,5,10-13H2,1-4H3/t15-,17+/m0/s1. The van der Waals surface area contributed by atoms with E-state index in [-0.39, 0.29) is 17.7 Å². The number of carbonyl (C=O) groups excluding carboxylic acids is 1. The van der Waals surface area contributed by atoms with E-state index in [1.54, 1.807) is 12.0 Å². The quantitative estimate of drug-likeness (QED) is 0.769. The zero-order chi connectivity index (χ0) is 16.8. The third kappa shape index (κ3) is 4.69. The number of benzene rings is 1. The minimum Gasteiger partial charge on any atom is -0.494 e. The molecule has 5 nitrogen and oxygen atoms in total. The Morgan fingerprint density at radius 2 is 1.96 bits per heavy atom. The highest BCUT2D eigenvalue weighted by atomic mass is 16.5. The van der Waals surface area contributed by atoms with Crippen LogP contribution in [0.4, 0.5) is 0 Å². The van der Waals surface area contributed by atoms with Crippen molar-refractivity contribution in [2.45, 2.75) is 13.5 Å². The molecule has 0 spiro atoms. The highest BCUT2D eigenvalue weighted by molar-refractivity contribution is 5.79. The molecule has 2 rings (SSSR count). The van der Waals surface area contributed by atoms with Crippen LogP contribution in [0.5, 0.6) is 5.75 Å². The fourth-order valence-electron chi connectivity index (χ4n) is 3.20. The molecule has 0 aromatic heterocycles. The third-order valence-electron chi connectivity index (χ3n) is 4.30. The maximum absolute atomic E-state index is 12.4. The van der Waals surface area contributed by atoms with E-state index in [1.165, 1.54) is 5.56 Å². The number of hydrogen-bond donors (Lipinski definition) is 0. The first-order chi connectivity index (χ1) is 11.0. The number of methoxy groups -OCH3 is 1. The SMILES string of the molecule is CCOc1ccc(CN2C[C@@H](COC)[C@H](C(=O)N(C)C)C2)cc1. The van der Waals surface area contributed by atoms with Crippen LogP contribution < -0.4 is 4.74 Å². The first-order valence-corrected chi connectivity index (χ1v) is 8.19. The molecule has 5 heteroatoms. The molecule has 0 N–H and O–H groups in total. The summed E-state index contributed by atoms with van der Waals surface area (Å²) >= 11 is 0. The van der Waals surface area contributed by atoms with E-state index < -0.39 is 0 Å². The number of amides is 1. The van der Waals surface area contributed by atoms with Gasteiger partial charge in [0, 0.05) is 46.8 Å². The summed E-state index contributed by atoms with van der Waals surface area (Å²) in [7, 11) is 5.34. The Bertz CT molecular complexity index is 501. The van der Waals surface area contributed by atoms with Gasteiger partial charge in [-0.3, -0.25) is 9.69 Å². The zero-order valence-electron chi connectivity index (χ0n) is 14.6. The molecule has 1 saturated heterocycles. The van der Waals surface area contributed by atoms with E-state index in [1.807, 2.05) is 33.2 Å². The molecule has 0 unspecified atom stereocenters. The number of carbonyl (C=O) groups is 1. The molecular formula is C18H28N2O3. The van der Waals surface area contributed by atoms with E-state index in [2.05, 4.69) is 17.0 Å². The predicted octanol–water partition coefficient (Wildman–Crippen LogP) is 1.87. The molecule has 0 radical (unpaired) electrons. The molecule has 1 aliphatic heterocycles. The van der Waals surface area contributed by atoms with Crippen molar-refractivity contribution < 1.29 is 14.3 Å². The summed E-state index contributed by atoms with van der Waals surface area (Å²) in [5.41, 5.74) is 1.24. The van der Waals surface area contributed by atoms with Crippen molar-refractivity contribution in [3.05, 3.63) is 29.8 Å². The van der Waals surface area contributed by atoms with Crippen LogP contribution >= 0.6 is 0 Å². The first kappa shape index (κ1) is 17.8. The molecule has 0 aliphatic carbocycles. The Hall–Kier alpha value is -1.59. The number of likely N-dealkylation sites (tertiary alicyclic amines) is 1. The first-order valence-electron chi connectivity index (χ1n) is 8.19. The lowest BCUT2D eigenvalue weighted by Crippen LogP contribution is -2.35. The molecule has 1 aliphatic rings. The zero-order valence-corrected chi connectivity index (χ0v) is 14.6. The Morgan fingerprint density at radius 1 is 1.26 bits per heavy atom. The van der Waals surface area contributed by atoms with Crippen molar-refractivity contribution in [2.75, 3.05) is 47.5 Å². The Labute approximate surface area is 139 Å². The van der Waals surface area contributed by atoms with Gasteiger partial charge in [-0.1, -0.05) is 12.1 Å². The van der Waals surface area contributed by atoms with E-state index in [4.69, 9.17) is 9.47 Å². The Balaban J connectivity index is 1.99. The fraction of sp³-hybridized carbons (Fsp3) is 0.611.